The van der Waals surface area contributed by atoms with E-state index in [1.54, 1.807) is 0 Å². The van der Waals surface area contributed by atoms with Crippen molar-refractivity contribution in [2.45, 2.75) is 96.7 Å². The lowest BCUT2D eigenvalue weighted by molar-refractivity contribution is -0.143. The van der Waals surface area contributed by atoms with Gasteiger partial charge in [0, 0.05) is 25.0 Å². The number of nitrogens with one attached hydrogen (secondary N) is 2. The summed E-state index contributed by atoms with van der Waals surface area (Å²) in [4.78, 5) is 12.2. The molecule has 0 radical (unpaired) electrons. The number of hydrogen-bond acceptors (Lipinski definition) is 3. The minimum atomic E-state index is -4.91. The van der Waals surface area contributed by atoms with Crippen molar-refractivity contribution < 1.29 is 35.9 Å². The van der Waals surface area contributed by atoms with Crippen LogP contribution in [0.3, 0.4) is 0 Å². The first-order valence-electron chi connectivity index (χ1n) is 13.3. The summed E-state index contributed by atoms with van der Waals surface area (Å²) in [6, 6.07) is 2.03. The lowest BCUT2D eigenvalue weighted by Gasteiger charge is -2.34. The number of amides is 1. The molecule has 1 aromatic rings. The van der Waals surface area contributed by atoms with E-state index in [1.807, 2.05) is 0 Å². The maximum absolute atomic E-state index is 13.0. The first-order chi connectivity index (χ1) is 17.9. The van der Waals surface area contributed by atoms with Crippen LogP contribution in [-0.2, 0) is 28.4 Å². The molecule has 4 nitrogen and oxygen atoms in total. The summed E-state index contributed by atoms with van der Waals surface area (Å²) in [5.41, 5.74) is -3.02. The molecular weight excluding hydrogens is 510 g/mol. The Labute approximate surface area is 222 Å². The molecule has 2 aliphatic rings. The van der Waals surface area contributed by atoms with Crippen LogP contribution in [0.15, 0.2) is 31.4 Å². The zero-order valence-corrected chi connectivity index (χ0v) is 22.6. The number of halogens is 6. The minimum Gasteiger partial charge on any atom is -0.381 e. The Bertz CT molecular complexity index is 795. The fourth-order valence-electron chi connectivity index (χ4n) is 4.79. The van der Waals surface area contributed by atoms with Gasteiger partial charge in [-0.1, -0.05) is 27.2 Å². The molecule has 0 spiro atoms. The SMILES string of the molecule is C=C.CCC.CC[C@@H](CCCC(=O)NCc1cc(C(F)(F)F)cc(C(F)(F)F)c1)NC1C2CCC1COC2. The molecule has 1 aliphatic carbocycles. The molecule has 38 heavy (non-hydrogen) atoms. The Hall–Kier alpha value is -2.07. The highest BCUT2D eigenvalue weighted by Gasteiger charge is 2.40. The van der Waals surface area contributed by atoms with Gasteiger partial charge in [0.2, 0.25) is 5.91 Å². The molecule has 2 fully saturated rings. The molecule has 1 saturated carbocycles. The molecule has 1 aliphatic heterocycles. The Morgan fingerprint density at radius 1 is 0.974 bits per heavy atom. The highest BCUT2D eigenvalue weighted by Crippen LogP contribution is 2.37. The van der Waals surface area contributed by atoms with Gasteiger partial charge in [-0.15, -0.1) is 13.2 Å². The first kappa shape index (κ1) is 34.0. The highest BCUT2D eigenvalue weighted by molar-refractivity contribution is 5.75. The topological polar surface area (TPSA) is 50.4 Å². The Kier molecular flexibility index (Phi) is 14.4. The molecule has 0 aromatic heterocycles. The van der Waals surface area contributed by atoms with Crippen molar-refractivity contribution in [1.29, 1.82) is 0 Å². The Morgan fingerprint density at radius 3 is 1.92 bits per heavy atom. The normalized spacial score (nSPS) is 21.4. The minimum absolute atomic E-state index is 0.0772. The zero-order valence-electron chi connectivity index (χ0n) is 22.6. The number of carbonyl (C=O) groups is 1. The molecule has 10 heteroatoms. The molecule has 1 saturated heterocycles. The lowest BCUT2D eigenvalue weighted by atomic mass is 9.94. The van der Waals surface area contributed by atoms with Crippen LogP contribution >= 0.6 is 0 Å². The van der Waals surface area contributed by atoms with Crippen LogP contribution in [0.5, 0.6) is 0 Å². The monoisotopic (exact) mass is 552 g/mol. The van der Waals surface area contributed by atoms with Crippen molar-refractivity contribution in [1.82, 2.24) is 10.6 Å². The van der Waals surface area contributed by atoms with E-state index < -0.39 is 35.9 Å². The Balaban J connectivity index is 0.00000135. The van der Waals surface area contributed by atoms with Gasteiger partial charge in [0.15, 0.2) is 0 Å². The van der Waals surface area contributed by atoms with E-state index in [4.69, 9.17) is 4.74 Å². The summed E-state index contributed by atoms with van der Waals surface area (Å²) >= 11 is 0. The largest absolute Gasteiger partial charge is 0.416 e. The summed E-state index contributed by atoms with van der Waals surface area (Å²) in [7, 11) is 0. The van der Waals surface area contributed by atoms with Crippen LogP contribution in [0, 0.1) is 11.8 Å². The molecule has 218 valence electrons. The van der Waals surface area contributed by atoms with Crippen molar-refractivity contribution in [3.63, 3.8) is 0 Å². The summed E-state index contributed by atoms with van der Waals surface area (Å²) in [6.07, 6.45) is -3.85. The smallest absolute Gasteiger partial charge is 0.381 e. The molecule has 2 bridgehead atoms. The van der Waals surface area contributed by atoms with Gasteiger partial charge in [-0.25, -0.2) is 0 Å². The maximum atomic E-state index is 13.0. The molecular formula is C28H42F6N2O2. The number of alkyl halides is 6. The number of fused-ring (bicyclic) bond motifs is 2. The van der Waals surface area contributed by atoms with Gasteiger partial charge < -0.3 is 15.4 Å². The number of rotatable bonds is 9. The van der Waals surface area contributed by atoms with E-state index >= 15 is 0 Å². The molecule has 2 N–H and O–H groups in total. The summed E-state index contributed by atoms with van der Waals surface area (Å²) in [5, 5.41) is 6.16. The molecule has 3 atom stereocenters. The van der Waals surface area contributed by atoms with E-state index in [2.05, 4.69) is 44.6 Å². The second-order valence-corrected chi connectivity index (χ2v) is 9.72. The van der Waals surface area contributed by atoms with Crippen molar-refractivity contribution in [2.75, 3.05) is 13.2 Å². The standard InChI is InChI=1S/C23H30F6N2O2.C3H8.C2H4/c1-2-19(31-21-15-6-7-16(21)13-33-12-15)4-3-5-20(32)30-11-14-8-17(22(24,25)26)10-18(9-14)23(27,28)29;1-3-2;1-2/h8-10,15-16,19,21,31H,2-7,11-13H2,1H3,(H,30,32);3H2,1-2H3;1-2H2/t15?,16?,19-,21?;;/m0../s1. The fourth-order valence-corrected chi connectivity index (χ4v) is 4.79. The summed E-state index contributed by atoms with van der Waals surface area (Å²) < 4.78 is 83.4. The second kappa shape index (κ2) is 16.1. The quantitative estimate of drug-likeness (QED) is 0.246. The van der Waals surface area contributed by atoms with E-state index in [0.29, 0.717) is 36.4 Å². The van der Waals surface area contributed by atoms with Crippen LogP contribution in [0.2, 0.25) is 0 Å². The number of carbonyl (C=O) groups excluding carboxylic acids is 1. The average Bonchev–Trinajstić information content (AvgIpc) is 3.07. The number of hydrogen-bond donors (Lipinski definition) is 2. The fraction of sp³-hybridized carbons (Fsp3) is 0.679. The van der Waals surface area contributed by atoms with Gasteiger partial charge in [-0.3, -0.25) is 4.79 Å². The maximum Gasteiger partial charge on any atom is 0.416 e. The van der Waals surface area contributed by atoms with Crippen LogP contribution < -0.4 is 10.6 Å². The van der Waals surface area contributed by atoms with Crippen molar-refractivity contribution >= 4 is 5.91 Å². The molecule has 1 heterocycles. The van der Waals surface area contributed by atoms with Crippen LogP contribution in [0.4, 0.5) is 26.3 Å². The van der Waals surface area contributed by atoms with Crippen molar-refractivity contribution in [3.05, 3.63) is 48.0 Å². The van der Waals surface area contributed by atoms with E-state index in [-0.39, 0.29) is 24.1 Å². The van der Waals surface area contributed by atoms with E-state index in [9.17, 15) is 31.1 Å². The van der Waals surface area contributed by atoms with Gasteiger partial charge >= 0.3 is 12.4 Å². The summed E-state index contributed by atoms with van der Waals surface area (Å²) in [6.45, 7) is 13.5. The third kappa shape index (κ3) is 11.0. The third-order valence-electron chi connectivity index (χ3n) is 6.60. The molecule has 1 amide bonds. The van der Waals surface area contributed by atoms with Gasteiger partial charge in [-0.05, 0) is 67.7 Å². The third-order valence-corrected chi connectivity index (χ3v) is 6.60. The van der Waals surface area contributed by atoms with Gasteiger partial charge in [-0.2, -0.15) is 26.3 Å². The second-order valence-electron chi connectivity index (χ2n) is 9.72. The zero-order chi connectivity index (χ0) is 28.9. The van der Waals surface area contributed by atoms with Crippen LogP contribution in [0.1, 0.15) is 82.4 Å². The number of ether oxygens (including phenoxy) is 1. The first-order valence-corrected chi connectivity index (χ1v) is 13.3. The average molecular weight is 553 g/mol. The molecule has 2 unspecified atom stereocenters. The number of benzene rings is 1. The van der Waals surface area contributed by atoms with E-state index in [0.717, 1.165) is 38.9 Å². The molecule has 1 aromatic carbocycles. The van der Waals surface area contributed by atoms with Crippen molar-refractivity contribution in [3.8, 4) is 0 Å². The lowest BCUT2D eigenvalue weighted by Crippen LogP contribution is -2.48. The van der Waals surface area contributed by atoms with Crippen molar-refractivity contribution in [2.24, 2.45) is 11.8 Å². The van der Waals surface area contributed by atoms with Crippen LogP contribution in [0.25, 0.3) is 0 Å². The Morgan fingerprint density at radius 2 is 1.47 bits per heavy atom. The molecule has 3 rings (SSSR count). The highest BCUT2D eigenvalue weighted by atomic mass is 19.4. The van der Waals surface area contributed by atoms with Gasteiger partial charge in [0.25, 0.3) is 0 Å². The van der Waals surface area contributed by atoms with Gasteiger partial charge in [0.1, 0.15) is 0 Å². The predicted molar refractivity (Wildman–Crippen MR) is 137 cm³/mol. The van der Waals surface area contributed by atoms with E-state index in [1.165, 1.54) is 6.42 Å². The summed E-state index contributed by atoms with van der Waals surface area (Å²) in [5.74, 6) is 0.646. The van der Waals surface area contributed by atoms with Gasteiger partial charge in [0.05, 0.1) is 24.3 Å². The predicted octanol–water partition coefficient (Wildman–Crippen LogP) is 7.52. The van der Waals surface area contributed by atoms with Crippen LogP contribution in [-0.4, -0.2) is 31.2 Å².